The summed E-state index contributed by atoms with van der Waals surface area (Å²) in [5, 5.41) is 3.38. The Hall–Kier alpha value is -1.22. The van der Waals surface area contributed by atoms with Crippen molar-refractivity contribution in [1.82, 2.24) is 5.32 Å². The van der Waals surface area contributed by atoms with Crippen molar-refractivity contribution >= 4 is 5.69 Å². The number of hydrogen-bond acceptors (Lipinski definition) is 3. The molecule has 0 aromatic heterocycles. The highest BCUT2D eigenvalue weighted by atomic mass is 16.5. The van der Waals surface area contributed by atoms with Crippen LogP contribution in [0.15, 0.2) is 18.2 Å². The predicted octanol–water partition coefficient (Wildman–Crippen LogP) is 1.81. The SMILES string of the molecule is CN1CCc2ccc(OC3CCCNC3)cc21. The van der Waals surface area contributed by atoms with Gasteiger partial charge in [-0.3, -0.25) is 0 Å². The van der Waals surface area contributed by atoms with E-state index in [0.29, 0.717) is 6.10 Å². The number of benzene rings is 1. The molecule has 0 aliphatic carbocycles. The van der Waals surface area contributed by atoms with E-state index in [0.717, 1.165) is 31.8 Å². The summed E-state index contributed by atoms with van der Waals surface area (Å²) in [5.41, 5.74) is 2.79. The molecule has 0 saturated carbocycles. The Morgan fingerprint density at radius 2 is 2.35 bits per heavy atom. The van der Waals surface area contributed by atoms with E-state index in [9.17, 15) is 0 Å². The van der Waals surface area contributed by atoms with Crippen LogP contribution in [-0.4, -0.2) is 32.8 Å². The van der Waals surface area contributed by atoms with E-state index < -0.39 is 0 Å². The average Bonchev–Trinajstić information content (AvgIpc) is 2.73. The molecule has 17 heavy (non-hydrogen) atoms. The number of nitrogens with one attached hydrogen (secondary N) is 1. The Balaban J connectivity index is 1.73. The summed E-state index contributed by atoms with van der Waals surface area (Å²) in [6.07, 6.45) is 3.89. The van der Waals surface area contributed by atoms with E-state index >= 15 is 0 Å². The van der Waals surface area contributed by atoms with Gasteiger partial charge in [-0.25, -0.2) is 0 Å². The van der Waals surface area contributed by atoms with Gasteiger partial charge < -0.3 is 15.0 Å². The second-order valence-electron chi connectivity index (χ2n) is 5.05. The lowest BCUT2D eigenvalue weighted by Crippen LogP contribution is -2.37. The van der Waals surface area contributed by atoms with Gasteiger partial charge in [0.2, 0.25) is 0 Å². The van der Waals surface area contributed by atoms with Crippen LogP contribution >= 0.6 is 0 Å². The molecule has 1 unspecified atom stereocenters. The minimum absolute atomic E-state index is 0.341. The molecule has 0 radical (unpaired) electrons. The van der Waals surface area contributed by atoms with Crippen molar-refractivity contribution in [3.8, 4) is 5.75 Å². The number of nitrogens with zero attached hydrogens (tertiary/aromatic N) is 1. The number of piperidine rings is 1. The third-order valence-corrected chi connectivity index (χ3v) is 3.74. The molecule has 2 aliphatic heterocycles. The lowest BCUT2D eigenvalue weighted by atomic mass is 10.1. The van der Waals surface area contributed by atoms with Crippen LogP contribution in [0.5, 0.6) is 5.75 Å². The molecule has 0 spiro atoms. The van der Waals surface area contributed by atoms with Gasteiger partial charge in [-0.05, 0) is 37.4 Å². The molecule has 3 heteroatoms. The fraction of sp³-hybridized carbons (Fsp3) is 0.571. The van der Waals surface area contributed by atoms with Crippen LogP contribution in [0, 0.1) is 0 Å². The lowest BCUT2D eigenvalue weighted by Gasteiger charge is -2.24. The zero-order valence-corrected chi connectivity index (χ0v) is 10.4. The number of anilines is 1. The minimum atomic E-state index is 0.341. The van der Waals surface area contributed by atoms with E-state index in [1.165, 1.54) is 24.1 Å². The molecule has 3 nitrogen and oxygen atoms in total. The standard InChI is InChI=1S/C14H20N2O/c1-16-8-6-11-4-5-12(9-14(11)16)17-13-3-2-7-15-10-13/h4-5,9,13,15H,2-3,6-8,10H2,1H3. The predicted molar refractivity (Wildman–Crippen MR) is 69.9 cm³/mol. The van der Waals surface area contributed by atoms with Crippen LogP contribution in [0.3, 0.4) is 0 Å². The largest absolute Gasteiger partial charge is 0.489 e. The maximum atomic E-state index is 6.04. The van der Waals surface area contributed by atoms with Crippen molar-refractivity contribution in [1.29, 1.82) is 0 Å². The summed E-state index contributed by atoms with van der Waals surface area (Å²) in [6.45, 7) is 3.24. The average molecular weight is 232 g/mol. The van der Waals surface area contributed by atoms with Gasteiger partial charge >= 0.3 is 0 Å². The van der Waals surface area contributed by atoms with Crippen LogP contribution in [0.25, 0.3) is 0 Å². The van der Waals surface area contributed by atoms with E-state index in [1.54, 1.807) is 0 Å². The normalized spacial score (nSPS) is 23.6. The summed E-state index contributed by atoms with van der Waals surface area (Å²) >= 11 is 0. The van der Waals surface area contributed by atoms with E-state index in [2.05, 4.69) is 35.5 Å². The van der Waals surface area contributed by atoms with E-state index in [4.69, 9.17) is 4.74 Å². The highest BCUT2D eigenvalue weighted by Crippen LogP contribution is 2.31. The summed E-state index contributed by atoms with van der Waals surface area (Å²) < 4.78 is 6.04. The summed E-state index contributed by atoms with van der Waals surface area (Å²) in [4.78, 5) is 2.31. The fourth-order valence-electron chi connectivity index (χ4n) is 2.71. The molecule has 1 aromatic carbocycles. The highest BCUT2D eigenvalue weighted by molar-refractivity contribution is 5.60. The molecule has 0 amide bonds. The molecule has 1 N–H and O–H groups in total. The van der Waals surface area contributed by atoms with Gasteiger partial charge in [-0.15, -0.1) is 0 Å². The lowest BCUT2D eigenvalue weighted by molar-refractivity contribution is 0.167. The Kier molecular flexibility index (Phi) is 2.93. The van der Waals surface area contributed by atoms with Gasteiger partial charge in [0.15, 0.2) is 0 Å². The quantitative estimate of drug-likeness (QED) is 0.841. The number of likely N-dealkylation sites (N-methyl/N-ethyl adjacent to an activating group) is 1. The van der Waals surface area contributed by atoms with Gasteiger partial charge in [-0.2, -0.15) is 0 Å². The third kappa shape index (κ3) is 2.25. The van der Waals surface area contributed by atoms with Crippen LogP contribution in [-0.2, 0) is 6.42 Å². The van der Waals surface area contributed by atoms with Crippen LogP contribution in [0.4, 0.5) is 5.69 Å². The zero-order chi connectivity index (χ0) is 11.7. The topological polar surface area (TPSA) is 24.5 Å². The monoisotopic (exact) mass is 232 g/mol. The minimum Gasteiger partial charge on any atom is -0.489 e. The maximum Gasteiger partial charge on any atom is 0.121 e. The first-order valence-corrected chi connectivity index (χ1v) is 6.54. The summed E-state index contributed by atoms with van der Waals surface area (Å²) in [6, 6.07) is 6.52. The van der Waals surface area contributed by atoms with Gasteiger partial charge in [0.25, 0.3) is 0 Å². The molecule has 1 aromatic rings. The smallest absolute Gasteiger partial charge is 0.121 e. The second kappa shape index (κ2) is 4.57. The van der Waals surface area contributed by atoms with Crippen molar-refractivity contribution in [3.63, 3.8) is 0 Å². The Labute approximate surface area is 103 Å². The van der Waals surface area contributed by atoms with Gasteiger partial charge in [0, 0.05) is 31.9 Å². The number of ether oxygens (including phenoxy) is 1. The highest BCUT2D eigenvalue weighted by Gasteiger charge is 2.18. The van der Waals surface area contributed by atoms with Crippen LogP contribution in [0.2, 0.25) is 0 Å². The molecular formula is C14H20N2O. The van der Waals surface area contributed by atoms with Crippen molar-refractivity contribution < 1.29 is 4.74 Å². The summed E-state index contributed by atoms with van der Waals surface area (Å²) in [7, 11) is 2.15. The molecule has 2 aliphatic rings. The van der Waals surface area contributed by atoms with Gasteiger partial charge in [0.1, 0.15) is 11.9 Å². The van der Waals surface area contributed by atoms with E-state index in [1.807, 2.05) is 0 Å². The molecule has 1 saturated heterocycles. The van der Waals surface area contributed by atoms with Crippen LogP contribution in [0.1, 0.15) is 18.4 Å². The van der Waals surface area contributed by atoms with Gasteiger partial charge in [-0.1, -0.05) is 6.07 Å². The van der Waals surface area contributed by atoms with Crippen molar-refractivity contribution in [2.45, 2.75) is 25.4 Å². The third-order valence-electron chi connectivity index (χ3n) is 3.74. The first-order valence-electron chi connectivity index (χ1n) is 6.54. The van der Waals surface area contributed by atoms with E-state index in [-0.39, 0.29) is 0 Å². The number of fused-ring (bicyclic) bond motifs is 1. The fourth-order valence-corrected chi connectivity index (χ4v) is 2.71. The molecule has 0 bridgehead atoms. The number of hydrogen-bond donors (Lipinski definition) is 1. The zero-order valence-electron chi connectivity index (χ0n) is 10.4. The first-order chi connectivity index (χ1) is 8.33. The molecule has 1 atom stereocenters. The van der Waals surface area contributed by atoms with Crippen molar-refractivity contribution in [2.24, 2.45) is 0 Å². The van der Waals surface area contributed by atoms with Crippen LogP contribution < -0.4 is 15.0 Å². The Morgan fingerprint density at radius 3 is 3.18 bits per heavy atom. The molecule has 92 valence electrons. The first kappa shape index (κ1) is 10.9. The van der Waals surface area contributed by atoms with Crippen molar-refractivity contribution in [3.05, 3.63) is 23.8 Å². The maximum absolute atomic E-state index is 6.04. The molecule has 2 heterocycles. The summed E-state index contributed by atoms with van der Waals surface area (Å²) in [5.74, 6) is 1.02. The Morgan fingerprint density at radius 1 is 1.41 bits per heavy atom. The van der Waals surface area contributed by atoms with Gasteiger partial charge in [0.05, 0.1) is 0 Å². The second-order valence-corrected chi connectivity index (χ2v) is 5.05. The molecule has 3 rings (SSSR count). The number of rotatable bonds is 2. The van der Waals surface area contributed by atoms with Crippen molar-refractivity contribution in [2.75, 3.05) is 31.6 Å². The Bertz CT molecular complexity index is 399. The molecule has 1 fully saturated rings. The molecular weight excluding hydrogens is 212 g/mol.